The summed E-state index contributed by atoms with van der Waals surface area (Å²) >= 11 is 0. The second-order valence-electron chi connectivity index (χ2n) is 11.0. The minimum atomic E-state index is -3.72. The van der Waals surface area contributed by atoms with Crippen molar-refractivity contribution in [2.45, 2.75) is 121 Å². The summed E-state index contributed by atoms with van der Waals surface area (Å²) in [7, 11) is -3.72. The molecule has 2 atom stereocenters. The Bertz CT molecular complexity index is 1000. The highest BCUT2D eigenvalue weighted by Crippen LogP contribution is 2.45. The molecule has 3 heterocycles. The Balaban J connectivity index is 1.75. The maximum Gasteiger partial charge on any atom is 0.244 e. The fourth-order valence-electron chi connectivity index (χ4n) is 6.00. The normalized spacial score (nSPS) is 26.5. The van der Waals surface area contributed by atoms with E-state index in [4.69, 9.17) is 0 Å². The van der Waals surface area contributed by atoms with Crippen LogP contribution in [0.15, 0.2) is 17.0 Å². The Morgan fingerprint density at radius 1 is 0.758 bits per heavy atom. The SMILES string of the molecule is CC(C)c1cc(C(C)C)c(S(=O)(=O)N2C3CCC2CC(N2C(=O)CCC2=O)C3)c(C(C)C)c1. The van der Waals surface area contributed by atoms with E-state index in [1.165, 1.54) is 10.5 Å². The van der Waals surface area contributed by atoms with Gasteiger partial charge in [0.1, 0.15) is 0 Å². The summed E-state index contributed by atoms with van der Waals surface area (Å²) in [5, 5.41) is 0. The second kappa shape index (κ2) is 8.81. The Morgan fingerprint density at radius 3 is 1.61 bits per heavy atom. The van der Waals surface area contributed by atoms with Crippen molar-refractivity contribution >= 4 is 21.8 Å². The lowest BCUT2D eigenvalue weighted by Crippen LogP contribution is -2.53. The van der Waals surface area contributed by atoms with E-state index in [9.17, 15) is 18.0 Å². The van der Waals surface area contributed by atoms with Crippen LogP contribution in [0.25, 0.3) is 0 Å². The zero-order valence-electron chi connectivity index (χ0n) is 20.8. The number of sulfonamides is 1. The molecule has 0 spiro atoms. The quantitative estimate of drug-likeness (QED) is 0.550. The number of piperidine rings is 1. The van der Waals surface area contributed by atoms with E-state index in [1.54, 1.807) is 4.31 Å². The molecule has 182 valence electrons. The summed E-state index contributed by atoms with van der Waals surface area (Å²) in [4.78, 5) is 26.6. The predicted octanol–water partition coefficient (Wildman–Crippen LogP) is 4.89. The molecule has 3 saturated heterocycles. The van der Waals surface area contributed by atoms with Gasteiger partial charge in [-0.15, -0.1) is 0 Å². The van der Waals surface area contributed by atoms with Gasteiger partial charge in [-0.25, -0.2) is 8.42 Å². The van der Waals surface area contributed by atoms with Gasteiger partial charge in [0.2, 0.25) is 21.8 Å². The smallest absolute Gasteiger partial charge is 0.244 e. The van der Waals surface area contributed by atoms with Gasteiger partial charge in [0.15, 0.2) is 0 Å². The number of amides is 2. The predicted molar refractivity (Wildman–Crippen MR) is 129 cm³/mol. The number of hydrogen-bond acceptors (Lipinski definition) is 4. The molecule has 3 aliphatic heterocycles. The third-order valence-corrected chi connectivity index (χ3v) is 9.85. The summed E-state index contributed by atoms with van der Waals surface area (Å²) in [6.45, 7) is 12.5. The molecule has 6 nitrogen and oxygen atoms in total. The number of hydrogen-bond donors (Lipinski definition) is 0. The summed E-state index contributed by atoms with van der Waals surface area (Å²) in [5.41, 5.74) is 2.97. The first-order valence-electron chi connectivity index (χ1n) is 12.5. The van der Waals surface area contributed by atoms with Crippen molar-refractivity contribution in [2.75, 3.05) is 0 Å². The van der Waals surface area contributed by atoms with Gasteiger partial charge < -0.3 is 0 Å². The van der Waals surface area contributed by atoms with Crippen LogP contribution in [0.1, 0.15) is 115 Å². The number of nitrogens with zero attached hydrogens (tertiary/aromatic N) is 2. The number of carbonyl (C=O) groups is 2. The molecule has 4 rings (SSSR count). The third kappa shape index (κ3) is 4.16. The molecule has 1 aromatic carbocycles. The first-order valence-corrected chi connectivity index (χ1v) is 13.9. The van der Waals surface area contributed by atoms with Crippen molar-refractivity contribution in [2.24, 2.45) is 0 Å². The van der Waals surface area contributed by atoms with E-state index in [-0.39, 0.29) is 54.6 Å². The molecule has 0 N–H and O–H groups in total. The van der Waals surface area contributed by atoms with Gasteiger partial charge in [-0.3, -0.25) is 14.5 Å². The van der Waals surface area contributed by atoms with Crippen molar-refractivity contribution in [3.05, 3.63) is 28.8 Å². The molecule has 0 radical (unpaired) electrons. The molecule has 2 unspecified atom stereocenters. The van der Waals surface area contributed by atoms with Crippen LogP contribution in [-0.4, -0.2) is 47.6 Å². The number of likely N-dealkylation sites (tertiary alicyclic amines) is 1. The molecular weight excluding hydrogens is 436 g/mol. The first kappa shape index (κ1) is 24.4. The van der Waals surface area contributed by atoms with Gasteiger partial charge in [-0.2, -0.15) is 4.31 Å². The monoisotopic (exact) mass is 474 g/mol. The van der Waals surface area contributed by atoms with E-state index < -0.39 is 10.0 Å². The standard InChI is InChI=1S/C26H38N2O4S/c1-15(2)18-11-22(16(3)4)26(23(12-18)17(5)6)33(31,32)28-19-7-8-20(28)14-21(13-19)27-24(29)9-10-25(27)30/h11-12,15-17,19-21H,7-10,13-14H2,1-6H3. The molecule has 2 bridgehead atoms. The van der Waals surface area contributed by atoms with Gasteiger partial charge in [0.05, 0.1) is 4.90 Å². The molecular formula is C26H38N2O4S. The molecule has 3 aliphatic rings. The fraction of sp³-hybridized carbons (Fsp3) is 0.692. The van der Waals surface area contributed by atoms with E-state index in [0.717, 1.165) is 24.0 Å². The van der Waals surface area contributed by atoms with Gasteiger partial charge in [0, 0.05) is 31.0 Å². The minimum absolute atomic E-state index is 0.0843. The van der Waals surface area contributed by atoms with Crippen LogP contribution in [0.5, 0.6) is 0 Å². The summed E-state index contributed by atoms with van der Waals surface area (Å²) in [6, 6.07) is 3.68. The van der Waals surface area contributed by atoms with E-state index >= 15 is 0 Å². The Morgan fingerprint density at radius 2 is 1.21 bits per heavy atom. The summed E-state index contributed by atoms with van der Waals surface area (Å²) < 4.78 is 30.4. The highest BCUT2D eigenvalue weighted by Gasteiger charge is 2.51. The topological polar surface area (TPSA) is 74.8 Å². The molecule has 0 aromatic heterocycles. The van der Waals surface area contributed by atoms with Crippen LogP contribution in [-0.2, 0) is 19.6 Å². The fourth-order valence-corrected chi connectivity index (χ4v) is 8.57. The molecule has 0 saturated carbocycles. The number of rotatable bonds is 6. The maximum atomic E-state index is 14.3. The highest BCUT2D eigenvalue weighted by atomic mass is 32.2. The van der Waals surface area contributed by atoms with Crippen molar-refractivity contribution in [1.82, 2.24) is 9.21 Å². The van der Waals surface area contributed by atoms with Gasteiger partial charge in [-0.1, -0.05) is 53.7 Å². The number of fused-ring (bicyclic) bond motifs is 2. The van der Waals surface area contributed by atoms with E-state index in [1.807, 2.05) is 0 Å². The molecule has 1 aromatic rings. The molecule has 3 fully saturated rings. The zero-order valence-corrected chi connectivity index (χ0v) is 21.6. The molecule has 7 heteroatoms. The van der Waals surface area contributed by atoms with E-state index in [0.29, 0.717) is 23.7 Å². The van der Waals surface area contributed by atoms with Crippen molar-refractivity contribution in [3.8, 4) is 0 Å². The van der Waals surface area contributed by atoms with Gasteiger partial charge >= 0.3 is 0 Å². The maximum absolute atomic E-state index is 14.3. The van der Waals surface area contributed by atoms with Crippen LogP contribution in [0, 0.1) is 0 Å². The summed E-state index contributed by atoms with van der Waals surface area (Å²) in [5.74, 6) is 0.282. The van der Waals surface area contributed by atoms with Crippen molar-refractivity contribution in [3.63, 3.8) is 0 Å². The number of imide groups is 1. The molecule has 33 heavy (non-hydrogen) atoms. The largest absolute Gasteiger partial charge is 0.279 e. The zero-order chi connectivity index (χ0) is 24.2. The molecule has 0 aliphatic carbocycles. The summed E-state index contributed by atoms with van der Waals surface area (Å²) in [6.07, 6.45) is 3.23. The molecule has 2 amide bonds. The lowest BCUT2D eigenvalue weighted by molar-refractivity contribution is -0.142. The third-order valence-electron chi connectivity index (χ3n) is 7.71. The number of carbonyl (C=O) groups excluding carboxylic acids is 2. The van der Waals surface area contributed by atoms with Crippen LogP contribution >= 0.6 is 0 Å². The lowest BCUT2D eigenvalue weighted by atomic mass is 9.89. The highest BCUT2D eigenvalue weighted by molar-refractivity contribution is 7.89. The van der Waals surface area contributed by atoms with Crippen molar-refractivity contribution in [1.29, 1.82) is 0 Å². The van der Waals surface area contributed by atoms with Gasteiger partial charge in [-0.05, 0) is 60.1 Å². The average Bonchev–Trinajstić information content (AvgIpc) is 3.22. The average molecular weight is 475 g/mol. The van der Waals surface area contributed by atoms with Crippen LogP contribution < -0.4 is 0 Å². The lowest BCUT2D eigenvalue weighted by Gasteiger charge is -2.41. The Labute approximate surface area is 198 Å². The minimum Gasteiger partial charge on any atom is -0.279 e. The van der Waals surface area contributed by atoms with Gasteiger partial charge in [0.25, 0.3) is 0 Å². The number of benzene rings is 1. The Hall–Kier alpha value is -1.73. The van der Waals surface area contributed by atoms with Crippen LogP contribution in [0.2, 0.25) is 0 Å². The first-order chi connectivity index (χ1) is 15.4. The van der Waals surface area contributed by atoms with Crippen LogP contribution in [0.4, 0.5) is 0 Å². The second-order valence-corrected chi connectivity index (χ2v) is 12.8. The Kier molecular flexibility index (Phi) is 6.51. The van der Waals surface area contributed by atoms with Crippen LogP contribution in [0.3, 0.4) is 0 Å². The van der Waals surface area contributed by atoms with E-state index in [2.05, 4.69) is 53.7 Å². The van der Waals surface area contributed by atoms with Crippen molar-refractivity contribution < 1.29 is 18.0 Å².